The predicted octanol–water partition coefficient (Wildman–Crippen LogP) is 1.05. The average molecular weight is 209 g/mol. The van der Waals surface area contributed by atoms with Crippen molar-refractivity contribution >= 4 is 19.7 Å². The van der Waals surface area contributed by atoms with Gasteiger partial charge in [-0.3, -0.25) is 0 Å². The molecule has 0 aliphatic carbocycles. The third-order valence-corrected chi connectivity index (χ3v) is 3.50. The molecule has 6 heteroatoms. The van der Waals surface area contributed by atoms with Gasteiger partial charge in [0.25, 0.3) is 0 Å². The Bertz CT molecular complexity index is 371. The molecule has 0 spiro atoms. The summed E-state index contributed by atoms with van der Waals surface area (Å²) in [6, 6.07) is 0. The summed E-state index contributed by atoms with van der Waals surface area (Å²) < 4.78 is 23.4. The SMILES string of the molecule is CC(c1nccn1C)S(=O)(=O)Cl. The molecule has 0 fully saturated rings. The van der Waals surface area contributed by atoms with Crippen molar-refractivity contribution in [2.24, 2.45) is 7.05 Å². The minimum atomic E-state index is -3.56. The van der Waals surface area contributed by atoms with Gasteiger partial charge in [0.05, 0.1) is 0 Å². The molecule has 1 heterocycles. The quantitative estimate of drug-likeness (QED) is 0.683. The van der Waals surface area contributed by atoms with Gasteiger partial charge in [-0.1, -0.05) is 0 Å². The smallest absolute Gasteiger partial charge is 0.242 e. The zero-order chi connectivity index (χ0) is 9.35. The lowest BCUT2D eigenvalue weighted by Gasteiger charge is -2.06. The molecule has 0 saturated carbocycles. The van der Waals surface area contributed by atoms with E-state index in [9.17, 15) is 8.42 Å². The van der Waals surface area contributed by atoms with Crippen LogP contribution in [0.15, 0.2) is 12.4 Å². The number of nitrogens with zero attached hydrogens (tertiary/aromatic N) is 2. The largest absolute Gasteiger partial charge is 0.337 e. The number of halogens is 1. The predicted molar refractivity (Wildman–Crippen MR) is 46.4 cm³/mol. The standard InChI is InChI=1S/C6H9ClN2O2S/c1-5(12(7,10)11)6-8-3-4-9(6)2/h3-5H,1-2H3. The van der Waals surface area contributed by atoms with E-state index in [2.05, 4.69) is 4.98 Å². The second kappa shape index (κ2) is 3.06. The van der Waals surface area contributed by atoms with Crippen LogP contribution in [0.4, 0.5) is 0 Å². The lowest BCUT2D eigenvalue weighted by atomic mass is 10.4. The minimum absolute atomic E-state index is 0.449. The summed E-state index contributed by atoms with van der Waals surface area (Å²) in [5.41, 5.74) is 0. The van der Waals surface area contributed by atoms with Crippen molar-refractivity contribution in [1.29, 1.82) is 0 Å². The molecule has 0 aliphatic heterocycles. The van der Waals surface area contributed by atoms with Crippen molar-refractivity contribution in [1.82, 2.24) is 9.55 Å². The molecule has 0 amide bonds. The number of rotatable bonds is 2. The molecular formula is C6H9ClN2O2S. The summed E-state index contributed by atoms with van der Waals surface area (Å²) in [6.07, 6.45) is 3.21. The third-order valence-electron chi connectivity index (χ3n) is 1.64. The van der Waals surface area contributed by atoms with E-state index in [0.717, 1.165) is 0 Å². The van der Waals surface area contributed by atoms with Crippen LogP contribution in [0.1, 0.15) is 18.0 Å². The van der Waals surface area contributed by atoms with Crippen molar-refractivity contribution in [2.45, 2.75) is 12.2 Å². The fraction of sp³-hybridized carbons (Fsp3) is 0.500. The zero-order valence-corrected chi connectivity index (χ0v) is 8.30. The molecule has 0 aliphatic rings. The van der Waals surface area contributed by atoms with E-state index in [0.29, 0.717) is 5.82 Å². The molecular weight excluding hydrogens is 200 g/mol. The van der Waals surface area contributed by atoms with E-state index in [1.165, 1.54) is 13.1 Å². The molecule has 0 radical (unpaired) electrons. The zero-order valence-electron chi connectivity index (χ0n) is 6.73. The highest BCUT2D eigenvalue weighted by molar-refractivity contribution is 8.13. The van der Waals surface area contributed by atoms with Crippen LogP contribution in [0.2, 0.25) is 0 Å². The maximum Gasteiger partial charge on any atom is 0.242 e. The molecule has 68 valence electrons. The average Bonchev–Trinajstić information content (AvgIpc) is 2.31. The Hall–Kier alpha value is -0.550. The summed E-state index contributed by atoms with van der Waals surface area (Å²) in [7, 11) is 3.33. The number of hydrogen-bond donors (Lipinski definition) is 0. The van der Waals surface area contributed by atoms with Crippen LogP contribution < -0.4 is 0 Å². The topological polar surface area (TPSA) is 52.0 Å². The highest BCUT2D eigenvalue weighted by Crippen LogP contribution is 2.22. The Labute approximate surface area is 75.6 Å². The highest BCUT2D eigenvalue weighted by atomic mass is 35.7. The minimum Gasteiger partial charge on any atom is -0.337 e. The van der Waals surface area contributed by atoms with Crippen LogP contribution in [-0.4, -0.2) is 18.0 Å². The first-order valence-corrected chi connectivity index (χ1v) is 5.71. The van der Waals surface area contributed by atoms with Crippen LogP contribution in [0.5, 0.6) is 0 Å². The van der Waals surface area contributed by atoms with Crippen molar-refractivity contribution < 1.29 is 8.42 Å². The van der Waals surface area contributed by atoms with Gasteiger partial charge < -0.3 is 4.57 Å². The molecule has 1 aromatic rings. The molecule has 1 aromatic heterocycles. The van der Waals surface area contributed by atoms with E-state index in [1.54, 1.807) is 17.8 Å². The van der Waals surface area contributed by atoms with E-state index >= 15 is 0 Å². The van der Waals surface area contributed by atoms with Crippen molar-refractivity contribution in [3.8, 4) is 0 Å². The first kappa shape index (κ1) is 9.54. The first-order valence-electron chi connectivity index (χ1n) is 3.33. The molecule has 0 aromatic carbocycles. The van der Waals surface area contributed by atoms with Gasteiger partial charge in [-0.05, 0) is 6.92 Å². The summed E-state index contributed by atoms with van der Waals surface area (Å²) in [4.78, 5) is 3.88. The van der Waals surface area contributed by atoms with Crippen LogP contribution in [0.3, 0.4) is 0 Å². The Balaban J connectivity index is 3.09. The second-order valence-corrected chi connectivity index (χ2v) is 5.46. The molecule has 4 nitrogen and oxygen atoms in total. The third kappa shape index (κ3) is 1.78. The maximum absolute atomic E-state index is 10.9. The van der Waals surface area contributed by atoms with E-state index < -0.39 is 14.3 Å². The Morgan fingerprint density at radius 2 is 2.25 bits per heavy atom. The molecule has 0 bridgehead atoms. The monoisotopic (exact) mass is 208 g/mol. The Morgan fingerprint density at radius 1 is 1.67 bits per heavy atom. The van der Waals surface area contributed by atoms with Crippen LogP contribution in [-0.2, 0) is 16.1 Å². The summed E-state index contributed by atoms with van der Waals surface area (Å²) >= 11 is 0. The fourth-order valence-electron chi connectivity index (χ4n) is 0.895. The Kier molecular flexibility index (Phi) is 2.44. The van der Waals surface area contributed by atoms with Gasteiger partial charge in [-0.25, -0.2) is 13.4 Å². The second-order valence-electron chi connectivity index (χ2n) is 2.51. The molecule has 0 saturated heterocycles. The van der Waals surface area contributed by atoms with Crippen molar-refractivity contribution in [3.63, 3.8) is 0 Å². The number of imidazole rings is 1. The maximum atomic E-state index is 10.9. The van der Waals surface area contributed by atoms with Crippen molar-refractivity contribution in [2.75, 3.05) is 0 Å². The van der Waals surface area contributed by atoms with E-state index in [4.69, 9.17) is 10.7 Å². The van der Waals surface area contributed by atoms with Crippen LogP contribution >= 0.6 is 10.7 Å². The van der Waals surface area contributed by atoms with Gasteiger partial charge in [0, 0.05) is 30.1 Å². The fourth-order valence-corrected chi connectivity index (χ4v) is 1.61. The normalized spacial score (nSPS) is 14.6. The van der Waals surface area contributed by atoms with E-state index in [1.807, 2.05) is 0 Å². The van der Waals surface area contributed by atoms with Gasteiger partial charge in [-0.15, -0.1) is 0 Å². The van der Waals surface area contributed by atoms with Gasteiger partial charge in [0.2, 0.25) is 9.05 Å². The van der Waals surface area contributed by atoms with Crippen molar-refractivity contribution in [3.05, 3.63) is 18.2 Å². The molecule has 0 N–H and O–H groups in total. The lowest BCUT2D eigenvalue weighted by molar-refractivity contribution is 0.594. The number of aromatic nitrogens is 2. The summed E-state index contributed by atoms with van der Waals surface area (Å²) in [5, 5.41) is -0.765. The molecule has 1 unspecified atom stereocenters. The number of aryl methyl sites for hydroxylation is 1. The summed E-state index contributed by atoms with van der Waals surface area (Å²) in [6.45, 7) is 1.50. The molecule has 12 heavy (non-hydrogen) atoms. The van der Waals surface area contributed by atoms with E-state index in [-0.39, 0.29) is 0 Å². The molecule has 1 atom stereocenters. The van der Waals surface area contributed by atoms with Gasteiger partial charge in [-0.2, -0.15) is 0 Å². The van der Waals surface area contributed by atoms with Crippen LogP contribution in [0.25, 0.3) is 0 Å². The van der Waals surface area contributed by atoms with Gasteiger partial charge in [0.15, 0.2) is 0 Å². The Morgan fingerprint density at radius 3 is 2.58 bits per heavy atom. The first-order chi connectivity index (χ1) is 5.43. The molecule has 1 rings (SSSR count). The lowest BCUT2D eigenvalue weighted by Crippen LogP contribution is -2.08. The number of hydrogen-bond acceptors (Lipinski definition) is 3. The van der Waals surface area contributed by atoms with Crippen LogP contribution in [0, 0.1) is 0 Å². The highest BCUT2D eigenvalue weighted by Gasteiger charge is 2.22. The summed E-state index contributed by atoms with van der Waals surface area (Å²) in [5.74, 6) is 0.449. The van der Waals surface area contributed by atoms with Gasteiger partial charge in [0.1, 0.15) is 11.1 Å². The van der Waals surface area contributed by atoms with Gasteiger partial charge >= 0.3 is 0 Å².